The van der Waals surface area contributed by atoms with Gasteiger partial charge in [0.25, 0.3) is 0 Å². The largest absolute Gasteiger partial charge is 1.00 e. The van der Waals surface area contributed by atoms with Gasteiger partial charge in [-0.15, -0.1) is 0 Å². The molecule has 0 radical (unpaired) electrons. The van der Waals surface area contributed by atoms with E-state index >= 15 is 0 Å². The Hall–Kier alpha value is -0.540. The van der Waals surface area contributed by atoms with Crippen molar-refractivity contribution >= 4 is 5.91 Å². The summed E-state index contributed by atoms with van der Waals surface area (Å²) in [5, 5.41) is 2.77. The molecule has 1 amide bonds. The minimum Gasteiger partial charge on any atom is -1.00 e. The summed E-state index contributed by atoms with van der Waals surface area (Å²) >= 11 is 0. The molecule has 84 valence electrons. The van der Waals surface area contributed by atoms with Gasteiger partial charge in [-0.3, -0.25) is 4.79 Å². The quantitative estimate of drug-likeness (QED) is 0.399. The smallest absolute Gasteiger partial charge is 0.243 e. The number of nitrogens with zero attached hydrogens (tertiary/aromatic N) is 1. The van der Waals surface area contributed by atoms with Crippen LogP contribution in [0.5, 0.6) is 0 Å². The van der Waals surface area contributed by atoms with E-state index in [0.717, 1.165) is 24.1 Å². The number of rotatable bonds is 6. The van der Waals surface area contributed by atoms with Crippen molar-refractivity contribution < 1.29 is 21.7 Å². The Morgan fingerprint density at radius 2 is 2.00 bits per heavy atom. The summed E-state index contributed by atoms with van der Waals surface area (Å²) in [4.78, 5) is 10.8. The predicted molar refractivity (Wildman–Crippen MR) is 55.3 cm³/mol. The lowest BCUT2D eigenvalue weighted by atomic mass is 10.3. The third-order valence-electron chi connectivity index (χ3n) is 2.03. The lowest BCUT2D eigenvalue weighted by molar-refractivity contribution is -0.889. The molecule has 0 spiro atoms. The van der Waals surface area contributed by atoms with Crippen molar-refractivity contribution in [3.05, 3.63) is 12.7 Å². The van der Waals surface area contributed by atoms with Gasteiger partial charge < -0.3 is 22.2 Å². The molecular formula is C10H21ClN2O. The SMILES string of the molecule is C=CC(=O)NCC[N+](C)(C)CCC.[Cl-]. The maximum Gasteiger partial charge on any atom is 0.243 e. The fraction of sp³-hybridized carbons (Fsp3) is 0.700. The van der Waals surface area contributed by atoms with Gasteiger partial charge in [-0.25, -0.2) is 0 Å². The second-order valence-corrected chi connectivity index (χ2v) is 3.88. The summed E-state index contributed by atoms with van der Waals surface area (Å²) in [7, 11) is 4.34. The van der Waals surface area contributed by atoms with E-state index in [2.05, 4.69) is 32.9 Å². The molecule has 4 heteroatoms. The first kappa shape index (κ1) is 15.9. The molecule has 0 aromatic rings. The number of nitrogens with one attached hydrogen (secondary N) is 1. The van der Waals surface area contributed by atoms with E-state index in [-0.39, 0.29) is 18.3 Å². The normalized spacial score (nSPS) is 10.2. The molecule has 0 atom stereocenters. The van der Waals surface area contributed by atoms with Gasteiger partial charge in [0.2, 0.25) is 5.91 Å². The second-order valence-electron chi connectivity index (χ2n) is 3.88. The molecular weight excluding hydrogens is 200 g/mol. The van der Waals surface area contributed by atoms with E-state index in [1.54, 1.807) is 0 Å². The number of hydrogen-bond donors (Lipinski definition) is 1. The van der Waals surface area contributed by atoms with Gasteiger partial charge in [-0.05, 0) is 12.5 Å². The van der Waals surface area contributed by atoms with E-state index in [4.69, 9.17) is 0 Å². The van der Waals surface area contributed by atoms with Crippen LogP contribution in [0.15, 0.2) is 12.7 Å². The van der Waals surface area contributed by atoms with Crippen LogP contribution in [0.2, 0.25) is 0 Å². The molecule has 0 rings (SSSR count). The number of hydrogen-bond acceptors (Lipinski definition) is 1. The lowest BCUT2D eigenvalue weighted by Crippen LogP contribution is -3.00. The standard InChI is InChI=1S/C10H20N2O.ClH/c1-5-8-12(3,4)9-7-11-10(13)6-2;/h6H,2,5,7-9H2,1,3-4H3;1H. The molecule has 0 unspecified atom stereocenters. The minimum atomic E-state index is -0.0866. The summed E-state index contributed by atoms with van der Waals surface area (Å²) in [6.45, 7) is 8.39. The number of quaternary nitrogens is 1. The maximum atomic E-state index is 10.8. The van der Waals surface area contributed by atoms with Crippen LogP contribution >= 0.6 is 0 Å². The summed E-state index contributed by atoms with van der Waals surface area (Å²) in [5.74, 6) is -0.0866. The predicted octanol–water partition coefficient (Wildman–Crippen LogP) is -2.22. The first-order valence-corrected chi connectivity index (χ1v) is 4.74. The topological polar surface area (TPSA) is 29.1 Å². The van der Waals surface area contributed by atoms with Crippen molar-refractivity contribution in [1.82, 2.24) is 5.32 Å². The summed E-state index contributed by atoms with van der Waals surface area (Å²) in [6, 6.07) is 0. The Morgan fingerprint density at radius 1 is 1.43 bits per heavy atom. The van der Waals surface area contributed by atoms with E-state index in [1.807, 2.05) is 0 Å². The molecule has 0 saturated heterocycles. The van der Waals surface area contributed by atoms with Crippen molar-refractivity contribution in [2.75, 3.05) is 33.7 Å². The first-order chi connectivity index (χ1) is 6.02. The van der Waals surface area contributed by atoms with Crippen LogP contribution in [0.25, 0.3) is 0 Å². The molecule has 0 saturated carbocycles. The summed E-state index contributed by atoms with van der Waals surface area (Å²) in [6.07, 6.45) is 2.47. The first-order valence-electron chi connectivity index (χ1n) is 4.74. The molecule has 0 heterocycles. The highest BCUT2D eigenvalue weighted by atomic mass is 35.5. The van der Waals surface area contributed by atoms with Crippen LogP contribution in [0.4, 0.5) is 0 Å². The van der Waals surface area contributed by atoms with Gasteiger partial charge in [-0.1, -0.05) is 13.5 Å². The monoisotopic (exact) mass is 220 g/mol. The van der Waals surface area contributed by atoms with Crippen LogP contribution in [0.3, 0.4) is 0 Å². The molecule has 0 bridgehead atoms. The van der Waals surface area contributed by atoms with E-state index in [9.17, 15) is 4.79 Å². The molecule has 0 aliphatic heterocycles. The average molecular weight is 221 g/mol. The van der Waals surface area contributed by atoms with Gasteiger partial charge in [0.15, 0.2) is 0 Å². The molecule has 0 aliphatic rings. The number of carbonyl (C=O) groups excluding carboxylic acids is 1. The molecule has 1 N–H and O–H groups in total. The zero-order chi connectivity index (χ0) is 10.3. The van der Waals surface area contributed by atoms with E-state index in [0.29, 0.717) is 0 Å². The van der Waals surface area contributed by atoms with Crippen molar-refractivity contribution in [3.63, 3.8) is 0 Å². The van der Waals surface area contributed by atoms with Crippen molar-refractivity contribution in [3.8, 4) is 0 Å². The second kappa shape index (κ2) is 7.83. The minimum absolute atomic E-state index is 0. The van der Waals surface area contributed by atoms with Gasteiger partial charge in [0.05, 0.1) is 33.7 Å². The van der Waals surface area contributed by atoms with Gasteiger partial charge in [0, 0.05) is 0 Å². The zero-order valence-corrected chi connectivity index (χ0v) is 10.1. The molecule has 3 nitrogen and oxygen atoms in total. The fourth-order valence-corrected chi connectivity index (χ4v) is 1.27. The molecule has 0 aromatic carbocycles. The van der Waals surface area contributed by atoms with Gasteiger partial charge in [-0.2, -0.15) is 0 Å². The highest BCUT2D eigenvalue weighted by Gasteiger charge is 2.12. The van der Waals surface area contributed by atoms with E-state index < -0.39 is 0 Å². The summed E-state index contributed by atoms with van der Waals surface area (Å²) in [5.41, 5.74) is 0. The van der Waals surface area contributed by atoms with Crippen LogP contribution in [-0.2, 0) is 4.79 Å². The Kier molecular flexibility index (Phi) is 8.89. The van der Waals surface area contributed by atoms with Crippen LogP contribution in [0.1, 0.15) is 13.3 Å². The Morgan fingerprint density at radius 3 is 2.43 bits per heavy atom. The van der Waals surface area contributed by atoms with Crippen LogP contribution < -0.4 is 17.7 Å². The van der Waals surface area contributed by atoms with Crippen molar-refractivity contribution in [2.45, 2.75) is 13.3 Å². The zero-order valence-electron chi connectivity index (χ0n) is 9.35. The number of amides is 1. The Labute approximate surface area is 93.2 Å². The van der Waals surface area contributed by atoms with E-state index in [1.165, 1.54) is 12.5 Å². The highest BCUT2D eigenvalue weighted by molar-refractivity contribution is 5.86. The number of halogens is 1. The lowest BCUT2D eigenvalue weighted by Gasteiger charge is -2.29. The highest BCUT2D eigenvalue weighted by Crippen LogP contribution is 1.96. The summed E-state index contributed by atoms with van der Waals surface area (Å²) < 4.78 is 0.952. The van der Waals surface area contributed by atoms with Crippen molar-refractivity contribution in [1.29, 1.82) is 0 Å². The molecule has 0 aromatic heterocycles. The number of carbonyl (C=O) groups is 1. The van der Waals surface area contributed by atoms with Gasteiger partial charge in [0.1, 0.15) is 0 Å². The molecule has 0 fully saturated rings. The van der Waals surface area contributed by atoms with Crippen molar-refractivity contribution in [2.24, 2.45) is 0 Å². The Balaban J connectivity index is 0. The number of likely N-dealkylation sites (N-methyl/N-ethyl adjacent to an activating group) is 1. The van der Waals surface area contributed by atoms with Crippen LogP contribution in [-0.4, -0.2) is 44.1 Å². The third-order valence-corrected chi connectivity index (χ3v) is 2.03. The third kappa shape index (κ3) is 8.08. The Bertz CT molecular complexity index is 181. The molecule has 0 aliphatic carbocycles. The molecule has 14 heavy (non-hydrogen) atoms. The average Bonchev–Trinajstić information content (AvgIpc) is 2.03. The van der Waals surface area contributed by atoms with Gasteiger partial charge >= 0.3 is 0 Å². The maximum absolute atomic E-state index is 10.8. The van der Waals surface area contributed by atoms with Crippen LogP contribution in [0, 0.1) is 0 Å². The fourth-order valence-electron chi connectivity index (χ4n) is 1.27.